The third-order valence-electron chi connectivity index (χ3n) is 5.79. The normalized spacial score (nSPS) is 20.0. The fourth-order valence-electron chi connectivity index (χ4n) is 4.27. The van der Waals surface area contributed by atoms with Gasteiger partial charge in [-0.25, -0.2) is 0 Å². The number of hydrogen-bond acceptors (Lipinski definition) is 4. The Morgan fingerprint density at radius 1 is 1.00 bits per heavy atom. The zero-order chi connectivity index (χ0) is 18.1. The van der Waals surface area contributed by atoms with Crippen molar-refractivity contribution in [3.63, 3.8) is 0 Å². The number of hydrogen-bond donors (Lipinski definition) is 0. The minimum atomic E-state index is 0. The van der Waals surface area contributed by atoms with Crippen LogP contribution in [0.25, 0.3) is 0 Å². The predicted molar refractivity (Wildman–Crippen MR) is 109 cm³/mol. The summed E-state index contributed by atoms with van der Waals surface area (Å²) in [4.78, 5) is 2.53. The summed E-state index contributed by atoms with van der Waals surface area (Å²) in [6.07, 6.45) is 2.18. The highest BCUT2D eigenvalue weighted by Crippen LogP contribution is 2.36. The maximum Gasteiger partial charge on any atom is 0.161 e. The van der Waals surface area contributed by atoms with Gasteiger partial charge in [-0.05, 0) is 54.2 Å². The molecule has 0 saturated carbocycles. The van der Waals surface area contributed by atoms with Crippen molar-refractivity contribution in [2.24, 2.45) is 0 Å². The average molecular weight is 390 g/mol. The van der Waals surface area contributed by atoms with Crippen LogP contribution in [0.5, 0.6) is 11.5 Å². The number of methoxy groups -OCH3 is 2. The fourth-order valence-corrected chi connectivity index (χ4v) is 4.27. The van der Waals surface area contributed by atoms with E-state index >= 15 is 0 Å². The zero-order valence-corrected chi connectivity index (χ0v) is 17.1. The van der Waals surface area contributed by atoms with E-state index in [1.165, 1.54) is 22.3 Å². The topological polar surface area (TPSA) is 30.9 Å². The molecule has 4 nitrogen and oxygen atoms in total. The lowest BCUT2D eigenvalue weighted by Gasteiger charge is -2.40. The van der Waals surface area contributed by atoms with Crippen LogP contribution in [0.2, 0.25) is 0 Å². The van der Waals surface area contributed by atoms with Crippen molar-refractivity contribution in [1.82, 2.24) is 4.90 Å². The molecule has 2 unspecified atom stereocenters. The molecule has 0 radical (unpaired) electrons. The lowest BCUT2D eigenvalue weighted by Crippen LogP contribution is -2.42. The second-order valence-corrected chi connectivity index (χ2v) is 7.18. The monoisotopic (exact) mass is 389 g/mol. The summed E-state index contributed by atoms with van der Waals surface area (Å²) in [5.74, 6) is 1.62. The van der Waals surface area contributed by atoms with Gasteiger partial charge in [0.15, 0.2) is 11.5 Å². The average Bonchev–Trinajstić information content (AvgIpc) is 2.71. The van der Waals surface area contributed by atoms with Gasteiger partial charge in [-0.2, -0.15) is 0 Å². The molecule has 0 fully saturated rings. The number of nitrogens with zero attached hydrogens (tertiary/aromatic N) is 1. The molecule has 0 spiro atoms. The third-order valence-corrected chi connectivity index (χ3v) is 5.79. The first-order chi connectivity index (χ1) is 12.7. The Morgan fingerprint density at radius 2 is 1.70 bits per heavy atom. The molecule has 2 aliphatic heterocycles. The Hall–Kier alpha value is -1.75. The van der Waals surface area contributed by atoms with E-state index < -0.39 is 0 Å². The molecule has 146 valence electrons. The molecule has 2 aliphatic rings. The molecule has 0 amide bonds. The summed E-state index contributed by atoms with van der Waals surface area (Å²) in [7, 11) is 3.39. The highest BCUT2D eigenvalue weighted by molar-refractivity contribution is 5.85. The van der Waals surface area contributed by atoms with Gasteiger partial charge in [0.05, 0.1) is 26.9 Å². The maximum absolute atomic E-state index is 6.20. The van der Waals surface area contributed by atoms with E-state index in [4.69, 9.17) is 14.2 Å². The van der Waals surface area contributed by atoms with Gasteiger partial charge < -0.3 is 14.2 Å². The minimum Gasteiger partial charge on any atom is -0.493 e. The second-order valence-electron chi connectivity index (χ2n) is 7.18. The molecule has 0 bridgehead atoms. The maximum atomic E-state index is 6.20. The van der Waals surface area contributed by atoms with E-state index in [1.807, 2.05) is 0 Å². The molecule has 2 aromatic rings. The van der Waals surface area contributed by atoms with Gasteiger partial charge in [0, 0.05) is 19.1 Å². The van der Waals surface area contributed by atoms with Crippen LogP contribution < -0.4 is 9.47 Å². The number of halogens is 1. The van der Waals surface area contributed by atoms with Crippen LogP contribution in [0.4, 0.5) is 0 Å². The lowest BCUT2D eigenvalue weighted by molar-refractivity contribution is -0.0225. The van der Waals surface area contributed by atoms with E-state index in [1.54, 1.807) is 14.2 Å². The summed E-state index contributed by atoms with van der Waals surface area (Å²) in [6, 6.07) is 13.3. The summed E-state index contributed by atoms with van der Waals surface area (Å²) in [5.41, 5.74) is 5.46. The van der Waals surface area contributed by atoms with Crippen LogP contribution in [0, 0.1) is 0 Å². The van der Waals surface area contributed by atoms with Crippen molar-refractivity contribution in [3.05, 3.63) is 58.7 Å². The summed E-state index contributed by atoms with van der Waals surface area (Å²) in [5, 5.41) is 0. The SMILES string of the molecule is COc1cc2c(cc1OC)CN(C(C)C1OCCc3ccccc31)CC2.Cl. The van der Waals surface area contributed by atoms with Gasteiger partial charge in [-0.15, -0.1) is 12.4 Å². The molecular weight excluding hydrogens is 362 g/mol. The third kappa shape index (κ3) is 3.79. The highest BCUT2D eigenvalue weighted by Gasteiger charge is 2.32. The number of fused-ring (bicyclic) bond motifs is 2. The van der Waals surface area contributed by atoms with Gasteiger partial charge in [-0.1, -0.05) is 24.3 Å². The van der Waals surface area contributed by atoms with E-state index in [0.29, 0.717) is 6.04 Å². The van der Waals surface area contributed by atoms with Gasteiger partial charge in [0.25, 0.3) is 0 Å². The summed E-state index contributed by atoms with van der Waals surface area (Å²) < 4.78 is 17.1. The van der Waals surface area contributed by atoms with Crippen molar-refractivity contribution in [2.75, 3.05) is 27.4 Å². The Labute approximate surface area is 167 Å². The van der Waals surface area contributed by atoms with Crippen LogP contribution in [0.15, 0.2) is 36.4 Å². The zero-order valence-electron chi connectivity index (χ0n) is 16.2. The number of rotatable bonds is 4. The first-order valence-electron chi connectivity index (χ1n) is 9.38. The van der Waals surface area contributed by atoms with Crippen LogP contribution in [0.3, 0.4) is 0 Å². The Bertz CT molecular complexity index is 795. The molecule has 5 heteroatoms. The lowest BCUT2D eigenvalue weighted by atomic mass is 9.91. The van der Waals surface area contributed by atoms with Crippen molar-refractivity contribution >= 4 is 12.4 Å². The van der Waals surface area contributed by atoms with Gasteiger partial charge in [0.2, 0.25) is 0 Å². The molecule has 2 aromatic carbocycles. The van der Waals surface area contributed by atoms with Crippen molar-refractivity contribution in [2.45, 2.75) is 38.5 Å². The summed E-state index contributed by atoms with van der Waals surface area (Å²) in [6.45, 7) is 5.05. The van der Waals surface area contributed by atoms with Gasteiger partial charge >= 0.3 is 0 Å². The molecule has 0 aromatic heterocycles. The van der Waals surface area contributed by atoms with E-state index in [9.17, 15) is 0 Å². The smallest absolute Gasteiger partial charge is 0.161 e. The Kier molecular flexibility index (Phi) is 6.30. The van der Waals surface area contributed by atoms with Crippen molar-refractivity contribution in [3.8, 4) is 11.5 Å². The van der Waals surface area contributed by atoms with Crippen LogP contribution in [0.1, 0.15) is 35.3 Å². The Balaban J connectivity index is 0.00000210. The van der Waals surface area contributed by atoms with E-state index in [2.05, 4.69) is 48.2 Å². The predicted octanol–water partition coefficient (Wildman–Crippen LogP) is 4.19. The molecule has 2 heterocycles. The molecular formula is C22H28ClNO3. The first kappa shape index (κ1) is 20.0. The molecule has 27 heavy (non-hydrogen) atoms. The summed E-state index contributed by atoms with van der Waals surface area (Å²) >= 11 is 0. The fraction of sp³-hybridized carbons (Fsp3) is 0.455. The van der Waals surface area contributed by atoms with Crippen LogP contribution in [-0.4, -0.2) is 38.3 Å². The van der Waals surface area contributed by atoms with E-state index in [-0.39, 0.29) is 18.5 Å². The quantitative estimate of drug-likeness (QED) is 0.784. The van der Waals surface area contributed by atoms with Crippen molar-refractivity contribution in [1.29, 1.82) is 0 Å². The van der Waals surface area contributed by atoms with Gasteiger partial charge in [-0.3, -0.25) is 4.90 Å². The van der Waals surface area contributed by atoms with Crippen molar-refractivity contribution < 1.29 is 14.2 Å². The first-order valence-corrected chi connectivity index (χ1v) is 9.38. The molecule has 0 saturated heterocycles. The molecule has 4 rings (SSSR count). The largest absolute Gasteiger partial charge is 0.493 e. The number of benzene rings is 2. The molecule has 0 aliphatic carbocycles. The highest BCUT2D eigenvalue weighted by atomic mass is 35.5. The minimum absolute atomic E-state index is 0. The molecule has 2 atom stereocenters. The second kappa shape index (κ2) is 8.51. The molecule has 0 N–H and O–H groups in total. The van der Waals surface area contributed by atoms with E-state index in [0.717, 1.165) is 44.0 Å². The van der Waals surface area contributed by atoms with Crippen LogP contribution in [-0.2, 0) is 24.1 Å². The standard InChI is InChI=1S/C22H27NO3.ClH/c1-15(22-19-7-5-4-6-16(19)9-11-26-22)23-10-8-17-12-20(24-2)21(25-3)13-18(17)14-23;/h4-7,12-13,15,22H,8-11,14H2,1-3H3;1H. The number of ether oxygens (including phenoxy) is 3. The Morgan fingerprint density at radius 3 is 2.44 bits per heavy atom. The van der Waals surface area contributed by atoms with Crippen LogP contribution >= 0.6 is 12.4 Å². The van der Waals surface area contributed by atoms with Gasteiger partial charge in [0.1, 0.15) is 0 Å².